The van der Waals surface area contributed by atoms with Crippen molar-refractivity contribution in [2.24, 2.45) is 0 Å². The molecule has 1 atom stereocenters. The summed E-state index contributed by atoms with van der Waals surface area (Å²) in [5.41, 5.74) is 1.14. The van der Waals surface area contributed by atoms with Crippen LogP contribution in [0.1, 0.15) is 52.2 Å². The van der Waals surface area contributed by atoms with E-state index in [1.54, 1.807) is 11.3 Å². The van der Waals surface area contributed by atoms with Crippen LogP contribution in [0.3, 0.4) is 0 Å². The number of amides is 1. The SMILES string of the molecule is Cc1ccc(C(=O)N(Cc2cccc(OCCC3CCCN3C)c2)C2CC2)s1. The van der Waals surface area contributed by atoms with Crippen molar-refractivity contribution in [2.75, 3.05) is 20.2 Å². The van der Waals surface area contributed by atoms with E-state index in [0.29, 0.717) is 18.6 Å². The van der Waals surface area contributed by atoms with Crippen molar-refractivity contribution in [3.63, 3.8) is 0 Å². The molecule has 5 heteroatoms. The van der Waals surface area contributed by atoms with E-state index in [0.717, 1.165) is 42.1 Å². The van der Waals surface area contributed by atoms with Crippen LogP contribution in [-0.4, -0.2) is 48.0 Å². The third kappa shape index (κ3) is 4.76. The number of likely N-dealkylation sites (tertiary alicyclic amines) is 1. The van der Waals surface area contributed by atoms with Crippen molar-refractivity contribution in [1.82, 2.24) is 9.80 Å². The Bertz CT molecular complexity index is 814. The number of hydrogen-bond acceptors (Lipinski definition) is 4. The van der Waals surface area contributed by atoms with Gasteiger partial charge in [0.15, 0.2) is 0 Å². The summed E-state index contributed by atoms with van der Waals surface area (Å²) in [6.45, 7) is 4.66. The zero-order chi connectivity index (χ0) is 19.5. The third-order valence-corrected chi connectivity index (χ3v) is 6.83. The summed E-state index contributed by atoms with van der Waals surface area (Å²) in [4.78, 5) is 19.5. The Labute approximate surface area is 172 Å². The first-order chi connectivity index (χ1) is 13.6. The highest BCUT2D eigenvalue weighted by Gasteiger charge is 2.33. The van der Waals surface area contributed by atoms with Gasteiger partial charge < -0.3 is 14.5 Å². The van der Waals surface area contributed by atoms with E-state index < -0.39 is 0 Å². The fourth-order valence-electron chi connectivity index (χ4n) is 4.03. The van der Waals surface area contributed by atoms with Gasteiger partial charge in [-0.25, -0.2) is 0 Å². The molecule has 4 nitrogen and oxygen atoms in total. The third-order valence-electron chi connectivity index (χ3n) is 5.84. The molecule has 0 spiro atoms. The summed E-state index contributed by atoms with van der Waals surface area (Å²) >= 11 is 1.59. The van der Waals surface area contributed by atoms with Crippen molar-refractivity contribution >= 4 is 17.2 Å². The minimum atomic E-state index is 0.163. The lowest BCUT2D eigenvalue weighted by atomic mass is 10.1. The van der Waals surface area contributed by atoms with Crippen LogP contribution in [0.5, 0.6) is 5.75 Å². The number of rotatable bonds is 8. The molecular formula is C23H30N2O2S. The van der Waals surface area contributed by atoms with Gasteiger partial charge in [0, 0.05) is 23.5 Å². The molecule has 150 valence electrons. The largest absolute Gasteiger partial charge is 0.494 e. The zero-order valence-electron chi connectivity index (χ0n) is 16.9. The molecule has 0 bridgehead atoms. The van der Waals surface area contributed by atoms with Crippen LogP contribution in [0.15, 0.2) is 36.4 Å². The van der Waals surface area contributed by atoms with Crippen molar-refractivity contribution in [2.45, 2.75) is 57.7 Å². The van der Waals surface area contributed by atoms with Crippen LogP contribution in [0, 0.1) is 6.92 Å². The molecule has 1 aliphatic heterocycles. The van der Waals surface area contributed by atoms with Crippen LogP contribution >= 0.6 is 11.3 Å². The van der Waals surface area contributed by atoms with Gasteiger partial charge in [0.05, 0.1) is 11.5 Å². The lowest BCUT2D eigenvalue weighted by molar-refractivity contribution is 0.0734. The van der Waals surface area contributed by atoms with Crippen LogP contribution in [0.2, 0.25) is 0 Å². The molecule has 1 saturated heterocycles. The van der Waals surface area contributed by atoms with Gasteiger partial charge >= 0.3 is 0 Å². The summed E-state index contributed by atoms with van der Waals surface area (Å²) in [7, 11) is 2.21. The fourth-order valence-corrected chi connectivity index (χ4v) is 4.85. The molecule has 2 aliphatic rings. The molecule has 1 saturated carbocycles. The Balaban J connectivity index is 1.36. The van der Waals surface area contributed by atoms with Crippen molar-refractivity contribution in [3.8, 4) is 5.75 Å². The second-order valence-electron chi connectivity index (χ2n) is 8.14. The van der Waals surface area contributed by atoms with E-state index in [2.05, 4.69) is 24.1 Å². The number of ether oxygens (including phenoxy) is 1. The van der Waals surface area contributed by atoms with Gasteiger partial charge in [-0.15, -0.1) is 11.3 Å². The Morgan fingerprint density at radius 1 is 1.25 bits per heavy atom. The average molecular weight is 399 g/mol. The number of thiophene rings is 1. The smallest absolute Gasteiger partial charge is 0.264 e. The van der Waals surface area contributed by atoms with E-state index in [9.17, 15) is 4.79 Å². The normalized spacial score (nSPS) is 19.7. The molecule has 2 heterocycles. The number of carbonyl (C=O) groups excluding carboxylic acids is 1. The Kier molecular flexibility index (Phi) is 6.02. The first-order valence-electron chi connectivity index (χ1n) is 10.4. The lowest BCUT2D eigenvalue weighted by Crippen LogP contribution is -2.32. The number of carbonyl (C=O) groups is 1. The fraction of sp³-hybridized carbons (Fsp3) is 0.522. The number of nitrogens with zero attached hydrogens (tertiary/aromatic N) is 2. The van der Waals surface area contributed by atoms with Gasteiger partial charge in [0.2, 0.25) is 0 Å². The Hall–Kier alpha value is -1.85. The van der Waals surface area contributed by atoms with E-state index in [1.165, 1.54) is 24.3 Å². The molecule has 1 unspecified atom stereocenters. The molecule has 1 aromatic carbocycles. The molecule has 1 amide bonds. The molecular weight excluding hydrogens is 368 g/mol. The van der Waals surface area contributed by atoms with Gasteiger partial charge in [0.25, 0.3) is 5.91 Å². The molecule has 2 fully saturated rings. The predicted octanol–water partition coefficient (Wildman–Crippen LogP) is 4.72. The highest BCUT2D eigenvalue weighted by Crippen LogP contribution is 2.31. The minimum absolute atomic E-state index is 0.163. The molecule has 0 radical (unpaired) electrons. The summed E-state index contributed by atoms with van der Waals surface area (Å²) < 4.78 is 6.03. The topological polar surface area (TPSA) is 32.8 Å². The lowest BCUT2D eigenvalue weighted by Gasteiger charge is -2.22. The highest BCUT2D eigenvalue weighted by atomic mass is 32.1. The maximum Gasteiger partial charge on any atom is 0.264 e. The Morgan fingerprint density at radius 2 is 2.11 bits per heavy atom. The van der Waals surface area contributed by atoms with Gasteiger partial charge in [-0.2, -0.15) is 0 Å². The van der Waals surface area contributed by atoms with Crippen LogP contribution in [0.25, 0.3) is 0 Å². The highest BCUT2D eigenvalue weighted by molar-refractivity contribution is 7.13. The molecule has 1 aromatic heterocycles. The van der Waals surface area contributed by atoms with E-state index in [4.69, 9.17) is 4.74 Å². The first-order valence-corrected chi connectivity index (χ1v) is 11.2. The Morgan fingerprint density at radius 3 is 2.79 bits per heavy atom. The average Bonchev–Trinajstić information content (AvgIpc) is 3.31. The molecule has 28 heavy (non-hydrogen) atoms. The van der Waals surface area contributed by atoms with Crippen molar-refractivity contribution < 1.29 is 9.53 Å². The quantitative estimate of drug-likeness (QED) is 0.645. The van der Waals surface area contributed by atoms with E-state index in [-0.39, 0.29) is 5.91 Å². The second kappa shape index (κ2) is 8.66. The van der Waals surface area contributed by atoms with Crippen LogP contribution in [-0.2, 0) is 6.54 Å². The number of benzene rings is 1. The van der Waals surface area contributed by atoms with Gasteiger partial charge in [-0.05, 0) is 82.4 Å². The first kappa shape index (κ1) is 19.5. The molecule has 4 rings (SSSR count). The monoisotopic (exact) mass is 398 g/mol. The van der Waals surface area contributed by atoms with Crippen molar-refractivity contribution in [3.05, 3.63) is 51.7 Å². The van der Waals surface area contributed by atoms with E-state index >= 15 is 0 Å². The van der Waals surface area contributed by atoms with Crippen LogP contribution in [0.4, 0.5) is 0 Å². The summed E-state index contributed by atoms with van der Waals surface area (Å²) in [6.07, 6.45) is 5.87. The second-order valence-corrected chi connectivity index (χ2v) is 9.42. The predicted molar refractivity (Wildman–Crippen MR) is 114 cm³/mol. The van der Waals surface area contributed by atoms with Gasteiger partial charge in [-0.3, -0.25) is 4.79 Å². The minimum Gasteiger partial charge on any atom is -0.494 e. The van der Waals surface area contributed by atoms with E-state index in [1.807, 2.05) is 36.1 Å². The summed E-state index contributed by atoms with van der Waals surface area (Å²) in [5, 5.41) is 0. The van der Waals surface area contributed by atoms with Crippen LogP contribution < -0.4 is 4.74 Å². The number of aryl methyl sites for hydroxylation is 1. The maximum absolute atomic E-state index is 13.0. The zero-order valence-corrected chi connectivity index (χ0v) is 17.7. The summed E-state index contributed by atoms with van der Waals surface area (Å²) in [6, 6.07) is 13.3. The summed E-state index contributed by atoms with van der Waals surface area (Å²) in [5.74, 6) is 1.07. The molecule has 0 N–H and O–H groups in total. The standard InChI is InChI=1S/C23H30N2O2S/c1-17-8-11-22(28-17)23(26)25(20-9-10-20)16-18-5-3-7-21(15-18)27-14-12-19-6-4-13-24(19)2/h3,5,7-8,11,15,19-20H,4,6,9-10,12-14,16H2,1-2H3. The van der Waals surface area contributed by atoms with Gasteiger partial charge in [0.1, 0.15) is 5.75 Å². The molecule has 1 aliphatic carbocycles. The maximum atomic E-state index is 13.0. The number of hydrogen-bond donors (Lipinski definition) is 0. The molecule has 2 aromatic rings. The van der Waals surface area contributed by atoms with Crippen molar-refractivity contribution in [1.29, 1.82) is 0 Å². The van der Waals surface area contributed by atoms with Gasteiger partial charge in [-0.1, -0.05) is 12.1 Å².